The summed E-state index contributed by atoms with van der Waals surface area (Å²) in [7, 11) is 3.18. The Kier molecular flexibility index (Phi) is 5.03. The molecule has 0 aromatic heterocycles. The molecular formula is C16H20N2O3S. The number of rotatable bonds is 5. The van der Waals surface area contributed by atoms with Crippen molar-refractivity contribution < 1.29 is 14.3 Å². The maximum Gasteiger partial charge on any atom is 0.276 e. The summed E-state index contributed by atoms with van der Waals surface area (Å²) in [5.41, 5.74) is 1.20. The van der Waals surface area contributed by atoms with Gasteiger partial charge in [0.05, 0.1) is 14.2 Å². The number of ether oxygens (including phenoxy) is 2. The summed E-state index contributed by atoms with van der Waals surface area (Å²) in [5, 5.41) is 3.41. The third-order valence-electron chi connectivity index (χ3n) is 3.25. The fraction of sp³-hybridized carbons (Fsp3) is 0.375. The molecule has 0 radical (unpaired) electrons. The van der Waals surface area contributed by atoms with E-state index in [1.54, 1.807) is 37.3 Å². The highest BCUT2D eigenvalue weighted by molar-refractivity contribution is 7.80. The number of nitrogens with one attached hydrogen (secondary N) is 1. The van der Waals surface area contributed by atoms with E-state index in [2.05, 4.69) is 5.32 Å². The molecule has 1 N–H and O–H groups in total. The lowest BCUT2D eigenvalue weighted by Crippen LogP contribution is -2.33. The van der Waals surface area contributed by atoms with Crippen LogP contribution in [0.5, 0.6) is 11.5 Å². The van der Waals surface area contributed by atoms with Crippen LogP contribution in [0, 0.1) is 5.92 Å². The van der Waals surface area contributed by atoms with Gasteiger partial charge in [0.15, 0.2) is 5.11 Å². The summed E-state index contributed by atoms with van der Waals surface area (Å²) in [4.78, 5) is 14.0. The Morgan fingerprint density at radius 2 is 2.05 bits per heavy atom. The Morgan fingerprint density at radius 1 is 1.32 bits per heavy atom. The number of hydrogen-bond donors (Lipinski definition) is 1. The molecule has 1 aromatic rings. The smallest absolute Gasteiger partial charge is 0.276 e. The lowest BCUT2D eigenvalue weighted by molar-refractivity contribution is -0.122. The van der Waals surface area contributed by atoms with Crippen LogP contribution in [0.25, 0.3) is 6.08 Å². The van der Waals surface area contributed by atoms with E-state index >= 15 is 0 Å². The summed E-state index contributed by atoms with van der Waals surface area (Å²) in [6, 6.07) is 5.42. The molecule has 0 spiro atoms. The van der Waals surface area contributed by atoms with Gasteiger partial charge in [0, 0.05) is 12.1 Å². The predicted octanol–water partition coefficient (Wildman–Crippen LogP) is 2.42. The summed E-state index contributed by atoms with van der Waals surface area (Å²) >= 11 is 5.24. The summed E-state index contributed by atoms with van der Waals surface area (Å²) in [6.45, 7) is 4.68. The van der Waals surface area contributed by atoms with Crippen molar-refractivity contribution in [3.8, 4) is 11.5 Å². The molecule has 0 aliphatic carbocycles. The molecule has 1 aliphatic rings. The van der Waals surface area contributed by atoms with Gasteiger partial charge in [0.2, 0.25) is 0 Å². The van der Waals surface area contributed by atoms with E-state index in [0.717, 1.165) is 5.56 Å². The standard InChI is InChI=1S/C16H20N2O3S/c1-10(2)9-18-15(19)13(17-16(18)22)8-11-7-12(20-3)5-6-14(11)21-4/h5-8,10H,9H2,1-4H3,(H,17,22)/b13-8+. The molecule has 1 amide bonds. The minimum Gasteiger partial charge on any atom is -0.497 e. The Bertz CT molecular complexity index is 626. The van der Waals surface area contributed by atoms with E-state index in [-0.39, 0.29) is 5.91 Å². The fourth-order valence-electron chi connectivity index (χ4n) is 2.21. The molecule has 5 nitrogen and oxygen atoms in total. The zero-order chi connectivity index (χ0) is 16.3. The van der Waals surface area contributed by atoms with Gasteiger partial charge in [-0.3, -0.25) is 9.69 Å². The van der Waals surface area contributed by atoms with E-state index in [9.17, 15) is 4.79 Å². The third kappa shape index (κ3) is 3.39. The fourth-order valence-corrected chi connectivity index (χ4v) is 2.48. The summed E-state index contributed by atoms with van der Waals surface area (Å²) in [6.07, 6.45) is 1.73. The molecule has 0 atom stereocenters. The topological polar surface area (TPSA) is 50.8 Å². The van der Waals surface area contributed by atoms with E-state index in [0.29, 0.717) is 34.8 Å². The summed E-state index contributed by atoms with van der Waals surface area (Å²) < 4.78 is 10.5. The van der Waals surface area contributed by atoms with Gasteiger partial charge in [-0.15, -0.1) is 0 Å². The second-order valence-corrected chi connectivity index (χ2v) is 5.79. The van der Waals surface area contributed by atoms with Crippen molar-refractivity contribution in [3.63, 3.8) is 0 Å². The van der Waals surface area contributed by atoms with Crippen LogP contribution in [0.1, 0.15) is 19.4 Å². The molecule has 6 heteroatoms. The van der Waals surface area contributed by atoms with Crippen molar-refractivity contribution in [2.24, 2.45) is 5.92 Å². The molecule has 2 rings (SSSR count). The monoisotopic (exact) mass is 320 g/mol. The van der Waals surface area contributed by atoms with Gasteiger partial charge in [0.1, 0.15) is 17.2 Å². The van der Waals surface area contributed by atoms with Gasteiger partial charge in [-0.05, 0) is 42.4 Å². The molecule has 1 aromatic carbocycles. The van der Waals surface area contributed by atoms with Crippen molar-refractivity contribution >= 4 is 29.3 Å². The van der Waals surface area contributed by atoms with E-state index in [4.69, 9.17) is 21.7 Å². The van der Waals surface area contributed by atoms with E-state index in [1.807, 2.05) is 19.9 Å². The molecule has 22 heavy (non-hydrogen) atoms. The Balaban J connectivity index is 2.34. The number of methoxy groups -OCH3 is 2. The Morgan fingerprint density at radius 3 is 2.64 bits per heavy atom. The number of benzene rings is 1. The second kappa shape index (κ2) is 6.79. The molecule has 118 valence electrons. The zero-order valence-corrected chi connectivity index (χ0v) is 14.0. The third-order valence-corrected chi connectivity index (χ3v) is 3.57. The van der Waals surface area contributed by atoms with Crippen molar-refractivity contribution in [2.75, 3.05) is 20.8 Å². The first-order valence-electron chi connectivity index (χ1n) is 7.02. The Hall–Kier alpha value is -2.08. The van der Waals surface area contributed by atoms with Gasteiger partial charge in [-0.1, -0.05) is 13.8 Å². The van der Waals surface area contributed by atoms with E-state index in [1.165, 1.54) is 0 Å². The van der Waals surface area contributed by atoms with Gasteiger partial charge < -0.3 is 14.8 Å². The molecule has 0 saturated carbocycles. The van der Waals surface area contributed by atoms with Crippen molar-refractivity contribution in [1.29, 1.82) is 0 Å². The number of thiocarbonyl (C=S) groups is 1. The van der Waals surface area contributed by atoms with Gasteiger partial charge in [0.25, 0.3) is 5.91 Å². The highest BCUT2D eigenvalue weighted by Gasteiger charge is 2.31. The second-order valence-electron chi connectivity index (χ2n) is 5.41. The SMILES string of the molecule is COc1ccc(OC)c(/C=C2/NC(=S)N(CC(C)C)C2=O)c1. The van der Waals surface area contributed by atoms with Crippen LogP contribution < -0.4 is 14.8 Å². The van der Waals surface area contributed by atoms with Crippen molar-refractivity contribution in [1.82, 2.24) is 10.2 Å². The van der Waals surface area contributed by atoms with Crippen molar-refractivity contribution in [3.05, 3.63) is 29.5 Å². The Labute approximate surface area is 135 Å². The van der Waals surface area contributed by atoms with Crippen LogP contribution in [0.4, 0.5) is 0 Å². The average molecular weight is 320 g/mol. The van der Waals surface area contributed by atoms with Gasteiger partial charge in [-0.25, -0.2) is 0 Å². The lowest BCUT2D eigenvalue weighted by atomic mass is 10.1. The van der Waals surface area contributed by atoms with E-state index < -0.39 is 0 Å². The minimum absolute atomic E-state index is 0.122. The normalized spacial score (nSPS) is 16.4. The largest absolute Gasteiger partial charge is 0.497 e. The molecule has 0 bridgehead atoms. The van der Waals surface area contributed by atoms with Crippen LogP contribution in [-0.2, 0) is 4.79 Å². The molecular weight excluding hydrogens is 300 g/mol. The number of hydrogen-bond acceptors (Lipinski definition) is 4. The van der Waals surface area contributed by atoms with Crippen LogP contribution in [0.15, 0.2) is 23.9 Å². The maximum absolute atomic E-state index is 12.4. The highest BCUT2D eigenvalue weighted by Crippen LogP contribution is 2.27. The van der Waals surface area contributed by atoms with Gasteiger partial charge >= 0.3 is 0 Å². The first-order valence-corrected chi connectivity index (χ1v) is 7.43. The number of carbonyl (C=O) groups excluding carboxylic acids is 1. The summed E-state index contributed by atoms with van der Waals surface area (Å²) in [5.74, 6) is 1.58. The highest BCUT2D eigenvalue weighted by atomic mass is 32.1. The quantitative estimate of drug-likeness (QED) is 0.667. The van der Waals surface area contributed by atoms with Crippen LogP contribution in [0.2, 0.25) is 0 Å². The number of amides is 1. The molecule has 1 saturated heterocycles. The molecule has 1 fully saturated rings. The van der Waals surface area contributed by atoms with Gasteiger partial charge in [-0.2, -0.15) is 0 Å². The number of carbonyl (C=O) groups is 1. The molecule has 1 heterocycles. The first kappa shape index (κ1) is 16.3. The van der Waals surface area contributed by atoms with Crippen LogP contribution >= 0.6 is 12.2 Å². The zero-order valence-electron chi connectivity index (χ0n) is 13.2. The first-order chi connectivity index (χ1) is 10.5. The number of nitrogens with zero attached hydrogens (tertiary/aromatic N) is 1. The maximum atomic E-state index is 12.4. The predicted molar refractivity (Wildman–Crippen MR) is 89.8 cm³/mol. The molecule has 1 aliphatic heterocycles. The van der Waals surface area contributed by atoms with Crippen molar-refractivity contribution in [2.45, 2.75) is 13.8 Å². The lowest BCUT2D eigenvalue weighted by Gasteiger charge is -2.16. The molecule has 0 unspecified atom stereocenters. The minimum atomic E-state index is -0.122. The average Bonchev–Trinajstić information content (AvgIpc) is 2.74. The van der Waals surface area contributed by atoms with Crippen LogP contribution in [-0.4, -0.2) is 36.7 Å². The van der Waals surface area contributed by atoms with Crippen LogP contribution in [0.3, 0.4) is 0 Å².